The first-order valence-corrected chi connectivity index (χ1v) is 12.3. The SMILES string of the molecule is COc1cc(C=CC(=O)CC(=O)C=Cc2ccc(C(=O)CC(=O)C=O)c(OC)c2Cc2ccccc2)ccc1O. The second-order valence-electron chi connectivity index (χ2n) is 8.77. The maximum atomic E-state index is 12.7. The fourth-order valence-electron chi connectivity index (χ4n) is 3.99. The predicted molar refractivity (Wildman–Crippen MR) is 150 cm³/mol. The van der Waals surface area contributed by atoms with Gasteiger partial charge in [0.25, 0.3) is 0 Å². The second-order valence-corrected chi connectivity index (χ2v) is 8.77. The first-order valence-electron chi connectivity index (χ1n) is 12.3. The summed E-state index contributed by atoms with van der Waals surface area (Å²) in [5.41, 5.74) is 2.88. The summed E-state index contributed by atoms with van der Waals surface area (Å²) < 4.78 is 10.6. The Morgan fingerprint density at radius 1 is 0.800 bits per heavy atom. The maximum absolute atomic E-state index is 12.7. The molecule has 3 rings (SSSR count). The third kappa shape index (κ3) is 7.94. The molecular formula is C32H28O8. The summed E-state index contributed by atoms with van der Waals surface area (Å²) in [4.78, 5) is 60.0. The van der Waals surface area contributed by atoms with Crippen LogP contribution in [0.25, 0.3) is 12.2 Å². The number of phenols is 1. The lowest BCUT2D eigenvalue weighted by molar-refractivity contribution is -0.129. The van der Waals surface area contributed by atoms with Crippen LogP contribution in [-0.2, 0) is 25.6 Å². The number of rotatable bonds is 14. The maximum Gasteiger partial charge on any atom is 0.202 e. The molecule has 0 aliphatic carbocycles. The minimum absolute atomic E-state index is 0.0265. The van der Waals surface area contributed by atoms with E-state index in [9.17, 15) is 29.1 Å². The van der Waals surface area contributed by atoms with E-state index < -0.39 is 29.6 Å². The van der Waals surface area contributed by atoms with Crippen LogP contribution in [0.4, 0.5) is 0 Å². The van der Waals surface area contributed by atoms with Gasteiger partial charge in [-0.1, -0.05) is 54.6 Å². The first kappa shape index (κ1) is 29.4. The van der Waals surface area contributed by atoms with Crippen LogP contribution in [0.3, 0.4) is 0 Å². The Bertz CT molecular complexity index is 1480. The molecule has 0 heterocycles. The van der Waals surface area contributed by atoms with Crippen molar-refractivity contribution < 1.29 is 38.6 Å². The second kappa shape index (κ2) is 14.2. The minimum Gasteiger partial charge on any atom is -0.504 e. The van der Waals surface area contributed by atoms with E-state index in [-0.39, 0.29) is 35.5 Å². The molecule has 1 N–H and O–H groups in total. The van der Waals surface area contributed by atoms with E-state index in [4.69, 9.17) is 9.47 Å². The highest BCUT2D eigenvalue weighted by Crippen LogP contribution is 2.32. The predicted octanol–water partition coefficient (Wildman–Crippen LogP) is 4.60. The van der Waals surface area contributed by atoms with Crippen molar-refractivity contribution in [1.82, 2.24) is 0 Å². The number of hydrogen-bond donors (Lipinski definition) is 1. The van der Waals surface area contributed by atoms with Gasteiger partial charge in [-0.25, -0.2) is 0 Å². The first-order chi connectivity index (χ1) is 19.2. The fraction of sp³-hybridized carbons (Fsp3) is 0.156. The Labute approximate surface area is 231 Å². The van der Waals surface area contributed by atoms with Crippen molar-refractivity contribution in [1.29, 1.82) is 0 Å². The molecule has 0 aromatic heterocycles. The molecule has 8 heteroatoms. The molecule has 0 unspecified atom stereocenters. The summed E-state index contributed by atoms with van der Waals surface area (Å²) in [6, 6.07) is 17.1. The number of carbonyl (C=O) groups excluding carboxylic acids is 5. The van der Waals surface area contributed by atoms with Crippen molar-refractivity contribution in [2.45, 2.75) is 19.3 Å². The fourth-order valence-corrected chi connectivity index (χ4v) is 3.99. The van der Waals surface area contributed by atoms with Crippen molar-refractivity contribution in [3.63, 3.8) is 0 Å². The van der Waals surface area contributed by atoms with Crippen LogP contribution in [0.1, 0.15) is 45.5 Å². The molecule has 0 aliphatic rings. The summed E-state index contributed by atoms with van der Waals surface area (Å²) in [6.45, 7) is 0. The van der Waals surface area contributed by atoms with Crippen molar-refractivity contribution in [3.8, 4) is 17.2 Å². The Kier molecular flexibility index (Phi) is 10.4. The summed E-state index contributed by atoms with van der Waals surface area (Å²) >= 11 is 0. The van der Waals surface area contributed by atoms with E-state index in [2.05, 4.69) is 0 Å². The average molecular weight is 541 g/mol. The molecule has 0 amide bonds. The molecule has 0 radical (unpaired) electrons. The highest BCUT2D eigenvalue weighted by Gasteiger charge is 2.21. The highest BCUT2D eigenvalue weighted by molar-refractivity contribution is 6.31. The Balaban J connectivity index is 1.84. The number of Topliss-reactive ketones (excluding diaryl/α,β-unsaturated/α-hetero) is 2. The molecule has 0 saturated carbocycles. The lowest BCUT2D eigenvalue weighted by Crippen LogP contribution is -2.12. The molecular weight excluding hydrogens is 512 g/mol. The molecule has 0 fully saturated rings. The summed E-state index contributed by atoms with van der Waals surface area (Å²) in [5, 5.41) is 9.69. The van der Waals surface area contributed by atoms with Gasteiger partial charge >= 0.3 is 0 Å². The van der Waals surface area contributed by atoms with Gasteiger partial charge in [0, 0.05) is 12.0 Å². The number of carbonyl (C=O) groups is 5. The van der Waals surface area contributed by atoms with Gasteiger partial charge in [0.1, 0.15) is 5.75 Å². The van der Waals surface area contributed by atoms with Gasteiger partial charge in [0.05, 0.1) is 32.6 Å². The van der Waals surface area contributed by atoms with E-state index in [0.717, 1.165) is 5.56 Å². The van der Waals surface area contributed by atoms with Crippen LogP contribution in [0.2, 0.25) is 0 Å². The average Bonchev–Trinajstić information content (AvgIpc) is 2.96. The van der Waals surface area contributed by atoms with E-state index >= 15 is 0 Å². The normalized spacial score (nSPS) is 10.9. The molecule has 3 aromatic rings. The number of ether oxygens (including phenoxy) is 2. The van der Waals surface area contributed by atoms with Gasteiger partial charge in [-0.3, -0.25) is 24.0 Å². The van der Waals surface area contributed by atoms with Crippen LogP contribution in [0, 0.1) is 0 Å². The molecule has 0 bridgehead atoms. The molecule has 0 saturated heterocycles. The number of benzene rings is 3. The van der Waals surface area contributed by atoms with Crippen molar-refractivity contribution in [3.05, 3.63) is 101 Å². The summed E-state index contributed by atoms with van der Waals surface area (Å²) in [7, 11) is 2.81. The van der Waals surface area contributed by atoms with Crippen molar-refractivity contribution in [2.24, 2.45) is 0 Å². The lowest BCUT2D eigenvalue weighted by atomic mass is 9.93. The van der Waals surface area contributed by atoms with E-state index in [1.807, 2.05) is 30.3 Å². The van der Waals surface area contributed by atoms with E-state index in [1.165, 1.54) is 44.6 Å². The van der Waals surface area contributed by atoms with Crippen LogP contribution in [-0.4, -0.2) is 48.7 Å². The molecule has 0 spiro atoms. The third-order valence-corrected chi connectivity index (χ3v) is 5.95. The van der Waals surface area contributed by atoms with Gasteiger partial charge in [-0.05, 0) is 47.0 Å². The number of aromatic hydroxyl groups is 1. The van der Waals surface area contributed by atoms with Crippen molar-refractivity contribution in [2.75, 3.05) is 14.2 Å². The molecule has 0 atom stereocenters. The molecule has 3 aromatic carbocycles. The lowest BCUT2D eigenvalue weighted by Gasteiger charge is -2.16. The standard InChI is InChI=1S/C32H28O8/c1-39-31-17-22(9-15-29(31)37)8-12-24(34)18-25(35)13-10-23-11-14-27(30(38)19-26(36)20-33)32(40-2)28(23)16-21-6-4-3-5-7-21/h3-15,17,20,37H,16,18-19H2,1-2H3. The van der Waals surface area contributed by atoms with Gasteiger partial charge in [0.15, 0.2) is 35.1 Å². The van der Waals surface area contributed by atoms with Gasteiger partial charge in [0.2, 0.25) is 5.78 Å². The largest absolute Gasteiger partial charge is 0.504 e. The Morgan fingerprint density at radius 2 is 1.50 bits per heavy atom. The number of phenolic OH excluding ortho intramolecular Hbond substituents is 1. The molecule has 204 valence electrons. The molecule has 0 aliphatic heterocycles. The van der Waals surface area contributed by atoms with E-state index in [0.29, 0.717) is 23.1 Å². The summed E-state index contributed by atoms with van der Waals surface area (Å²) in [6.07, 6.45) is 5.17. The zero-order valence-corrected chi connectivity index (χ0v) is 22.1. The van der Waals surface area contributed by atoms with Crippen LogP contribution in [0.5, 0.6) is 17.2 Å². The smallest absolute Gasteiger partial charge is 0.202 e. The summed E-state index contributed by atoms with van der Waals surface area (Å²) in [5.74, 6) is -1.76. The number of hydrogen-bond acceptors (Lipinski definition) is 8. The van der Waals surface area contributed by atoms with E-state index in [1.54, 1.807) is 24.3 Å². The van der Waals surface area contributed by atoms with Gasteiger partial charge < -0.3 is 14.6 Å². The minimum atomic E-state index is -0.838. The van der Waals surface area contributed by atoms with Gasteiger partial charge in [-0.2, -0.15) is 0 Å². The zero-order valence-electron chi connectivity index (χ0n) is 22.1. The van der Waals surface area contributed by atoms with Gasteiger partial charge in [-0.15, -0.1) is 0 Å². The number of aldehydes is 1. The molecule has 8 nitrogen and oxygen atoms in total. The highest BCUT2D eigenvalue weighted by atomic mass is 16.5. The number of ketones is 4. The van der Waals surface area contributed by atoms with Crippen LogP contribution in [0.15, 0.2) is 72.8 Å². The van der Waals surface area contributed by atoms with Crippen LogP contribution >= 0.6 is 0 Å². The third-order valence-electron chi connectivity index (χ3n) is 5.95. The zero-order chi connectivity index (χ0) is 29.1. The van der Waals surface area contributed by atoms with Crippen molar-refractivity contribution >= 4 is 41.6 Å². The topological polar surface area (TPSA) is 124 Å². The molecule has 40 heavy (non-hydrogen) atoms. The monoisotopic (exact) mass is 540 g/mol. The Morgan fingerprint density at radius 3 is 2.15 bits per heavy atom. The van der Waals surface area contributed by atoms with Crippen LogP contribution < -0.4 is 9.47 Å². The quantitative estimate of drug-likeness (QED) is 0.103. The number of methoxy groups -OCH3 is 2. The number of allylic oxidation sites excluding steroid dienone is 2. The Hall–Kier alpha value is -5.11.